The number of anilines is 2. The zero-order valence-corrected chi connectivity index (χ0v) is 21.9. The molecule has 2 aliphatic heterocycles. The van der Waals surface area contributed by atoms with E-state index in [0.29, 0.717) is 40.7 Å². The smallest absolute Gasteiger partial charge is 0.337 e. The van der Waals surface area contributed by atoms with E-state index in [2.05, 4.69) is 16.3 Å². The van der Waals surface area contributed by atoms with Gasteiger partial charge in [0.15, 0.2) is 0 Å². The van der Waals surface area contributed by atoms with Crippen LogP contribution in [0.5, 0.6) is 0 Å². The van der Waals surface area contributed by atoms with Gasteiger partial charge in [-0.2, -0.15) is 5.26 Å². The Bertz CT molecular complexity index is 1840. The number of para-hydroxylation sites is 1. The monoisotopic (exact) mass is 517 g/mol. The summed E-state index contributed by atoms with van der Waals surface area (Å²) in [7, 11) is 0. The first-order valence-corrected chi connectivity index (χ1v) is 13.2. The predicted molar refractivity (Wildman–Crippen MR) is 148 cm³/mol. The van der Waals surface area contributed by atoms with Crippen molar-refractivity contribution in [1.82, 2.24) is 9.55 Å². The van der Waals surface area contributed by atoms with E-state index < -0.39 is 5.97 Å². The summed E-state index contributed by atoms with van der Waals surface area (Å²) in [5.41, 5.74) is 5.99. The van der Waals surface area contributed by atoms with Crippen molar-refractivity contribution in [3.05, 3.63) is 98.6 Å². The molecular weight excluding hydrogens is 490 g/mol. The third kappa shape index (κ3) is 3.13. The number of aryl methyl sites for hydroxylation is 2. The molecule has 2 N–H and O–H groups in total. The standard InChI is InChI=1S/C31H27N5O3/c1-16-10-21(18(3)33-24-7-5-4-6-20(24)29(38)39)26-22(11-16)28(37)35-14-23-27-31(23,30(35)34-26)15-36(27)25-9-8-19(13-32)12-17(25)2/h4-12,18,23,27,33H,14-15H2,1-3H3,(H,38,39)/t18-,23?,27?,31+/m1/s1. The van der Waals surface area contributed by atoms with E-state index in [0.717, 1.165) is 34.7 Å². The number of hydrogen-bond donors (Lipinski definition) is 2. The van der Waals surface area contributed by atoms with Crippen molar-refractivity contribution in [2.45, 2.75) is 44.8 Å². The molecule has 3 aromatic carbocycles. The second-order valence-electron chi connectivity index (χ2n) is 11.2. The number of benzene rings is 3. The Labute approximate surface area is 225 Å². The van der Waals surface area contributed by atoms with Gasteiger partial charge in [0.2, 0.25) is 0 Å². The fourth-order valence-corrected chi connectivity index (χ4v) is 7.04. The lowest BCUT2D eigenvalue weighted by Crippen LogP contribution is -2.51. The molecule has 1 aromatic heterocycles. The Morgan fingerprint density at radius 2 is 2.00 bits per heavy atom. The summed E-state index contributed by atoms with van der Waals surface area (Å²) < 4.78 is 1.87. The highest BCUT2D eigenvalue weighted by Crippen LogP contribution is 2.68. The van der Waals surface area contributed by atoms with Crippen LogP contribution in [0.3, 0.4) is 0 Å². The number of nitrogens with one attached hydrogen (secondary N) is 1. The molecule has 39 heavy (non-hydrogen) atoms. The minimum absolute atomic E-state index is 0.00795. The second-order valence-corrected chi connectivity index (χ2v) is 11.2. The second kappa shape index (κ2) is 7.93. The predicted octanol–water partition coefficient (Wildman–Crippen LogP) is 4.53. The molecule has 1 aliphatic carbocycles. The van der Waals surface area contributed by atoms with Gasteiger partial charge in [0.25, 0.3) is 5.56 Å². The molecule has 0 bridgehead atoms. The Balaban J connectivity index is 1.28. The molecule has 2 fully saturated rings. The number of fused-ring (bicyclic) bond motifs is 3. The topological polar surface area (TPSA) is 111 Å². The zero-order valence-electron chi connectivity index (χ0n) is 21.9. The number of hydrogen-bond acceptors (Lipinski definition) is 6. The first-order valence-electron chi connectivity index (χ1n) is 13.2. The summed E-state index contributed by atoms with van der Waals surface area (Å²) in [6, 6.07) is 18.8. The summed E-state index contributed by atoms with van der Waals surface area (Å²) in [4.78, 5) is 33.1. The van der Waals surface area contributed by atoms with Crippen LogP contribution in [0.2, 0.25) is 0 Å². The van der Waals surface area contributed by atoms with Crippen LogP contribution < -0.4 is 15.8 Å². The lowest BCUT2D eigenvalue weighted by Gasteiger charge is -2.41. The van der Waals surface area contributed by atoms with Crippen molar-refractivity contribution in [2.75, 3.05) is 16.8 Å². The van der Waals surface area contributed by atoms with E-state index >= 15 is 0 Å². The van der Waals surface area contributed by atoms with E-state index in [1.165, 1.54) is 0 Å². The van der Waals surface area contributed by atoms with Crippen molar-refractivity contribution < 1.29 is 9.90 Å². The fraction of sp³-hybridized carbons (Fsp3) is 0.290. The normalized spacial score (nSPS) is 22.8. The molecule has 7 rings (SSSR count). The third-order valence-electron chi connectivity index (χ3n) is 8.89. The Morgan fingerprint density at radius 1 is 1.21 bits per heavy atom. The highest BCUT2D eigenvalue weighted by atomic mass is 16.4. The maximum Gasteiger partial charge on any atom is 0.337 e. The Morgan fingerprint density at radius 3 is 2.74 bits per heavy atom. The lowest BCUT2D eigenvalue weighted by atomic mass is 9.94. The molecule has 3 aliphatic rings. The maximum atomic E-state index is 13.7. The van der Waals surface area contributed by atoms with E-state index in [-0.39, 0.29) is 22.6 Å². The number of carboxylic acid groups (broad SMARTS) is 1. The first-order chi connectivity index (χ1) is 18.7. The maximum absolute atomic E-state index is 13.7. The van der Waals surface area contributed by atoms with Crippen LogP contribution in [0, 0.1) is 31.1 Å². The molecule has 8 nitrogen and oxygen atoms in total. The number of nitriles is 1. The Kier molecular flexibility index (Phi) is 4.77. The molecule has 0 radical (unpaired) electrons. The summed E-state index contributed by atoms with van der Waals surface area (Å²) in [6.07, 6.45) is 0. The van der Waals surface area contributed by atoms with E-state index in [4.69, 9.17) is 4.98 Å². The molecular formula is C31H27N5O3. The van der Waals surface area contributed by atoms with Crippen molar-refractivity contribution in [3.8, 4) is 6.07 Å². The summed E-state index contributed by atoms with van der Waals surface area (Å²) in [5.74, 6) is 0.207. The molecule has 2 unspecified atom stereocenters. The molecule has 8 heteroatoms. The minimum Gasteiger partial charge on any atom is -0.478 e. The zero-order chi connectivity index (χ0) is 27.2. The Hall–Kier alpha value is -4.64. The lowest BCUT2D eigenvalue weighted by molar-refractivity contribution is 0.0698. The van der Waals surface area contributed by atoms with Gasteiger partial charge in [-0.05, 0) is 68.3 Å². The van der Waals surface area contributed by atoms with Crippen molar-refractivity contribution in [1.29, 1.82) is 5.26 Å². The molecule has 0 amide bonds. The number of rotatable bonds is 5. The number of aromatic nitrogens is 2. The molecule has 4 atom stereocenters. The summed E-state index contributed by atoms with van der Waals surface area (Å²) >= 11 is 0. The minimum atomic E-state index is -0.995. The van der Waals surface area contributed by atoms with Crippen LogP contribution in [0.1, 0.15) is 51.4 Å². The van der Waals surface area contributed by atoms with Gasteiger partial charge in [-0.3, -0.25) is 9.36 Å². The van der Waals surface area contributed by atoms with Crippen LogP contribution in [0.15, 0.2) is 59.4 Å². The number of aromatic carboxylic acids is 1. The molecule has 1 saturated carbocycles. The van der Waals surface area contributed by atoms with E-state index in [1.807, 2.05) is 55.7 Å². The third-order valence-corrected chi connectivity index (χ3v) is 8.89. The number of carbonyl (C=O) groups is 1. The van der Waals surface area contributed by atoms with Crippen LogP contribution >= 0.6 is 0 Å². The average molecular weight is 518 g/mol. The molecule has 194 valence electrons. The highest BCUT2D eigenvalue weighted by Gasteiger charge is 2.80. The van der Waals surface area contributed by atoms with Gasteiger partial charge in [-0.1, -0.05) is 18.2 Å². The molecule has 3 heterocycles. The SMILES string of the molecule is Cc1cc([C@@H](C)Nc2ccccc2C(=O)O)c2nc3n(c(=O)c2c1)CC1C2N(c4ccc(C#N)cc4C)C[C@]312. The number of nitrogens with zero attached hydrogens (tertiary/aromatic N) is 4. The summed E-state index contributed by atoms with van der Waals surface area (Å²) in [5, 5.41) is 22.8. The van der Waals surface area contributed by atoms with E-state index in [1.54, 1.807) is 24.3 Å². The van der Waals surface area contributed by atoms with Crippen molar-refractivity contribution in [3.63, 3.8) is 0 Å². The van der Waals surface area contributed by atoms with Gasteiger partial charge in [0.1, 0.15) is 5.82 Å². The van der Waals surface area contributed by atoms with Crippen LogP contribution in [0.4, 0.5) is 11.4 Å². The largest absolute Gasteiger partial charge is 0.478 e. The van der Waals surface area contributed by atoms with Gasteiger partial charge >= 0.3 is 5.97 Å². The van der Waals surface area contributed by atoms with Gasteiger partial charge in [0.05, 0.1) is 39.6 Å². The fourth-order valence-electron chi connectivity index (χ4n) is 7.04. The van der Waals surface area contributed by atoms with Crippen molar-refractivity contribution in [2.24, 2.45) is 5.92 Å². The van der Waals surface area contributed by atoms with Gasteiger partial charge in [-0.15, -0.1) is 0 Å². The average Bonchev–Trinajstić information content (AvgIpc) is 3.22. The van der Waals surface area contributed by atoms with Gasteiger partial charge < -0.3 is 15.3 Å². The molecule has 1 spiro atoms. The highest BCUT2D eigenvalue weighted by molar-refractivity contribution is 5.94. The van der Waals surface area contributed by atoms with Crippen molar-refractivity contribution >= 4 is 28.2 Å². The van der Waals surface area contributed by atoms with Crippen LogP contribution in [-0.2, 0) is 12.0 Å². The van der Waals surface area contributed by atoms with E-state index in [9.17, 15) is 20.0 Å². The molecule has 1 saturated heterocycles. The van der Waals surface area contributed by atoms with Gasteiger partial charge in [-0.25, -0.2) is 9.78 Å². The first kappa shape index (κ1) is 23.5. The van der Waals surface area contributed by atoms with Crippen LogP contribution in [-0.4, -0.2) is 33.2 Å². The van der Waals surface area contributed by atoms with Crippen LogP contribution in [0.25, 0.3) is 10.9 Å². The quantitative estimate of drug-likeness (QED) is 0.400. The summed E-state index contributed by atoms with van der Waals surface area (Å²) in [6.45, 7) is 7.44. The molecule has 4 aromatic rings. The van der Waals surface area contributed by atoms with Gasteiger partial charge in [0, 0.05) is 42.0 Å². The number of carboxylic acids is 1.